The van der Waals surface area contributed by atoms with Crippen LogP contribution in [-0.4, -0.2) is 30.1 Å². The highest BCUT2D eigenvalue weighted by Crippen LogP contribution is 2.36. The number of nitrogens with zero attached hydrogens (tertiary/aromatic N) is 1. The maximum atomic E-state index is 5.55. The van der Waals surface area contributed by atoms with E-state index in [1.807, 2.05) is 0 Å². The predicted octanol–water partition coefficient (Wildman–Crippen LogP) is 2.83. The number of rotatable bonds is 3. The molecule has 5 heteroatoms. The van der Waals surface area contributed by atoms with Crippen molar-refractivity contribution in [3.8, 4) is 0 Å². The Morgan fingerprint density at radius 2 is 2.30 bits per heavy atom. The van der Waals surface area contributed by atoms with Gasteiger partial charge in [-0.25, -0.2) is 0 Å². The molecule has 2 fully saturated rings. The van der Waals surface area contributed by atoms with E-state index in [0.717, 1.165) is 38.8 Å². The highest BCUT2D eigenvalue weighted by molar-refractivity contribution is 7.80. The molecular formula is C15H27N3OS. The van der Waals surface area contributed by atoms with Crippen LogP contribution in [0.2, 0.25) is 0 Å². The average Bonchev–Trinajstić information content (AvgIpc) is 2.84. The third-order valence-corrected chi connectivity index (χ3v) is 4.23. The van der Waals surface area contributed by atoms with E-state index in [1.165, 1.54) is 12.1 Å². The van der Waals surface area contributed by atoms with Gasteiger partial charge in [0.2, 0.25) is 0 Å². The van der Waals surface area contributed by atoms with E-state index >= 15 is 0 Å². The van der Waals surface area contributed by atoms with Gasteiger partial charge in [0.1, 0.15) is 0 Å². The number of thiocarbonyl (C=S) groups is 1. The van der Waals surface area contributed by atoms with E-state index in [9.17, 15) is 0 Å². The fourth-order valence-corrected chi connectivity index (χ4v) is 3.51. The van der Waals surface area contributed by atoms with Gasteiger partial charge in [0.05, 0.1) is 6.10 Å². The van der Waals surface area contributed by atoms with Gasteiger partial charge in [0.25, 0.3) is 0 Å². The molecule has 2 rings (SSSR count). The van der Waals surface area contributed by atoms with Gasteiger partial charge in [-0.3, -0.25) is 5.43 Å². The molecule has 1 heterocycles. The van der Waals surface area contributed by atoms with Crippen molar-refractivity contribution in [2.45, 2.75) is 59.0 Å². The second-order valence-electron chi connectivity index (χ2n) is 6.99. The van der Waals surface area contributed by atoms with Crippen LogP contribution in [0.5, 0.6) is 0 Å². The maximum absolute atomic E-state index is 5.55. The molecule has 20 heavy (non-hydrogen) atoms. The number of hydrogen-bond donors (Lipinski definition) is 2. The maximum Gasteiger partial charge on any atom is 0.187 e. The van der Waals surface area contributed by atoms with E-state index in [4.69, 9.17) is 17.0 Å². The first-order valence-electron chi connectivity index (χ1n) is 7.65. The monoisotopic (exact) mass is 297 g/mol. The summed E-state index contributed by atoms with van der Waals surface area (Å²) in [5, 5.41) is 8.28. The summed E-state index contributed by atoms with van der Waals surface area (Å²) in [5.41, 5.74) is 4.57. The lowest BCUT2D eigenvalue weighted by atomic mass is 9.72. The zero-order valence-corrected chi connectivity index (χ0v) is 13.7. The molecule has 0 spiro atoms. The SMILES string of the molecule is C[C@@H]1C/C(=N/NC(=S)NC[C@H]2CCCO2)CC(C)(C)C1. The van der Waals surface area contributed by atoms with Gasteiger partial charge in [0.15, 0.2) is 5.11 Å². The Labute approximate surface area is 127 Å². The van der Waals surface area contributed by atoms with Crippen molar-refractivity contribution in [2.75, 3.05) is 13.2 Å². The quantitative estimate of drug-likeness (QED) is 0.621. The Morgan fingerprint density at radius 1 is 1.50 bits per heavy atom. The molecule has 0 aromatic rings. The molecule has 2 atom stereocenters. The van der Waals surface area contributed by atoms with Crippen LogP contribution in [0.1, 0.15) is 52.9 Å². The first kappa shape index (κ1) is 15.7. The lowest BCUT2D eigenvalue weighted by Crippen LogP contribution is -2.38. The summed E-state index contributed by atoms with van der Waals surface area (Å²) in [4.78, 5) is 0. The number of ether oxygens (including phenoxy) is 1. The van der Waals surface area contributed by atoms with Gasteiger partial charge in [-0.2, -0.15) is 5.10 Å². The second kappa shape index (κ2) is 6.85. The van der Waals surface area contributed by atoms with E-state index < -0.39 is 0 Å². The minimum atomic E-state index is 0.302. The van der Waals surface area contributed by atoms with Crippen LogP contribution >= 0.6 is 12.2 Å². The minimum Gasteiger partial charge on any atom is -0.376 e. The lowest BCUT2D eigenvalue weighted by molar-refractivity contribution is 0.114. The Morgan fingerprint density at radius 3 is 2.95 bits per heavy atom. The Balaban J connectivity index is 1.74. The lowest BCUT2D eigenvalue weighted by Gasteiger charge is -2.34. The third kappa shape index (κ3) is 5.02. The average molecular weight is 297 g/mol. The smallest absolute Gasteiger partial charge is 0.187 e. The van der Waals surface area contributed by atoms with Crippen LogP contribution in [0.15, 0.2) is 5.10 Å². The number of hydrogen-bond acceptors (Lipinski definition) is 3. The summed E-state index contributed by atoms with van der Waals surface area (Å²) in [5.74, 6) is 0.702. The molecular weight excluding hydrogens is 270 g/mol. The van der Waals surface area contributed by atoms with Crippen molar-refractivity contribution in [3.05, 3.63) is 0 Å². The standard InChI is InChI=1S/C15H27N3OS/c1-11-7-12(9-15(2,3)8-11)17-18-14(20)16-10-13-5-4-6-19-13/h11,13H,4-10H2,1-3H3,(H2,16,18,20)/b17-12-/t11-,13-/m1/s1. The van der Waals surface area contributed by atoms with Crippen molar-refractivity contribution in [1.82, 2.24) is 10.7 Å². The first-order chi connectivity index (χ1) is 9.44. The molecule has 2 aliphatic rings. The fourth-order valence-electron chi connectivity index (χ4n) is 3.38. The van der Waals surface area contributed by atoms with Crippen molar-refractivity contribution in [1.29, 1.82) is 0 Å². The van der Waals surface area contributed by atoms with E-state index in [0.29, 0.717) is 22.5 Å². The summed E-state index contributed by atoms with van der Waals surface area (Å²) in [7, 11) is 0. The summed E-state index contributed by atoms with van der Waals surface area (Å²) < 4.78 is 5.55. The van der Waals surface area contributed by atoms with Crippen LogP contribution in [-0.2, 0) is 4.74 Å². The largest absolute Gasteiger partial charge is 0.376 e. The van der Waals surface area contributed by atoms with Crippen LogP contribution in [0.25, 0.3) is 0 Å². The van der Waals surface area contributed by atoms with Crippen molar-refractivity contribution >= 4 is 23.0 Å². The minimum absolute atomic E-state index is 0.302. The van der Waals surface area contributed by atoms with Crippen LogP contribution in [0, 0.1) is 11.3 Å². The van der Waals surface area contributed by atoms with E-state index in [1.54, 1.807) is 0 Å². The number of hydrazone groups is 1. The van der Waals surface area contributed by atoms with Crippen molar-refractivity contribution in [2.24, 2.45) is 16.4 Å². The molecule has 1 saturated carbocycles. The summed E-state index contributed by atoms with van der Waals surface area (Å²) in [6.07, 6.45) is 5.98. The van der Waals surface area contributed by atoms with Gasteiger partial charge in [-0.15, -0.1) is 0 Å². The first-order valence-corrected chi connectivity index (χ1v) is 8.06. The normalized spacial score (nSPS) is 31.2. The zero-order chi connectivity index (χ0) is 14.6. The zero-order valence-electron chi connectivity index (χ0n) is 12.9. The summed E-state index contributed by atoms with van der Waals surface area (Å²) in [6, 6.07) is 0. The van der Waals surface area contributed by atoms with Gasteiger partial charge < -0.3 is 10.1 Å². The van der Waals surface area contributed by atoms with Crippen LogP contribution in [0.3, 0.4) is 0 Å². The van der Waals surface area contributed by atoms with Gasteiger partial charge in [-0.05, 0) is 55.7 Å². The highest BCUT2D eigenvalue weighted by Gasteiger charge is 2.29. The summed E-state index contributed by atoms with van der Waals surface area (Å²) in [6.45, 7) is 8.57. The van der Waals surface area contributed by atoms with Gasteiger partial charge >= 0.3 is 0 Å². The van der Waals surface area contributed by atoms with Crippen molar-refractivity contribution < 1.29 is 4.74 Å². The molecule has 0 aromatic carbocycles. The Bertz CT molecular complexity index is 375. The number of nitrogens with one attached hydrogen (secondary N) is 2. The molecule has 1 saturated heterocycles. The topological polar surface area (TPSA) is 45.7 Å². The molecule has 4 nitrogen and oxygen atoms in total. The molecule has 2 N–H and O–H groups in total. The fraction of sp³-hybridized carbons (Fsp3) is 0.867. The third-order valence-electron chi connectivity index (χ3n) is 4.00. The highest BCUT2D eigenvalue weighted by atomic mass is 32.1. The second-order valence-corrected chi connectivity index (χ2v) is 7.40. The van der Waals surface area contributed by atoms with E-state index in [2.05, 4.69) is 36.6 Å². The molecule has 1 aliphatic heterocycles. The molecule has 0 amide bonds. The molecule has 114 valence electrons. The van der Waals surface area contributed by atoms with E-state index in [-0.39, 0.29) is 0 Å². The Hall–Kier alpha value is -0.680. The summed E-state index contributed by atoms with van der Waals surface area (Å²) >= 11 is 5.26. The van der Waals surface area contributed by atoms with Gasteiger partial charge in [-0.1, -0.05) is 20.8 Å². The van der Waals surface area contributed by atoms with Crippen LogP contribution < -0.4 is 10.7 Å². The predicted molar refractivity (Wildman–Crippen MR) is 86.9 cm³/mol. The molecule has 0 bridgehead atoms. The molecule has 0 unspecified atom stereocenters. The Kier molecular flexibility index (Phi) is 5.38. The van der Waals surface area contributed by atoms with Crippen molar-refractivity contribution in [3.63, 3.8) is 0 Å². The molecule has 0 radical (unpaired) electrons. The molecule has 0 aromatic heterocycles. The van der Waals surface area contributed by atoms with Crippen LogP contribution in [0.4, 0.5) is 0 Å². The molecule has 1 aliphatic carbocycles. The van der Waals surface area contributed by atoms with Gasteiger partial charge in [0, 0.05) is 18.9 Å².